The SMILES string of the molecule is C#Cc1cc(CC(NC(=O)N2CCC(N3CCc4ccccc4NC3=O)CC2)C(=O)O)cc(Cl)c1N. The maximum atomic E-state index is 12.9. The highest BCUT2D eigenvalue weighted by Crippen LogP contribution is 2.26. The number of halogens is 1. The van der Waals surface area contributed by atoms with Crippen LogP contribution in [-0.2, 0) is 17.6 Å². The fourth-order valence-corrected chi connectivity index (χ4v) is 4.95. The zero-order valence-electron chi connectivity index (χ0n) is 19.7. The van der Waals surface area contributed by atoms with E-state index in [0.717, 1.165) is 17.7 Å². The number of nitrogen functional groups attached to an aromatic ring is 1. The lowest BCUT2D eigenvalue weighted by molar-refractivity contribution is -0.139. The van der Waals surface area contributed by atoms with Crippen LogP contribution in [0.15, 0.2) is 36.4 Å². The number of terminal acetylenes is 1. The normalized spacial score (nSPS) is 16.8. The smallest absolute Gasteiger partial charge is 0.326 e. The molecule has 0 radical (unpaired) electrons. The van der Waals surface area contributed by atoms with Crippen LogP contribution in [0.2, 0.25) is 5.02 Å². The number of amides is 4. The third-order valence-electron chi connectivity index (χ3n) is 6.71. The molecule has 2 aliphatic rings. The number of urea groups is 2. The van der Waals surface area contributed by atoms with Gasteiger partial charge in [0.25, 0.3) is 0 Å². The van der Waals surface area contributed by atoms with Crippen LogP contribution in [0.5, 0.6) is 0 Å². The second-order valence-corrected chi connectivity index (χ2v) is 9.38. The van der Waals surface area contributed by atoms with Crippen LogP contribution in [-0.4, -0.2) is 64.7 Å². The van der Waals surface area contributed by atoms with Crippen molar-refractivity contribution in [3.05, 3.63) is 58.1 Å². The van der Waals surface area contributed by atoms with Gasteiger partial charge in [-0.15, -0.1) is 6.42 Å². The first-order valence-corrected chi connectivity index (χ1v) is 12.1. The average molecular weight is 510 g/mol. The number of rotatable bonds is 5. The van der Waals surface area contributed by atoms with Gasteiger partial charge in [-0.3, -0.25) is 0 Å². The molecule has 0 saturated carbocycles. The molecule has 2 heterocycles. The van der Waals surface area contributed by atoms with Gasteiger partial charge >= 0.3 is 18.0 Å². The second-order valence-electron chi connectivity index (χ2n) is 8.98. The van der Waals surface area contributed by atoms with Crippen LogP contribution in [0.3, 0.4) is 0 Å². The van der Waals surface area contributed by atoms with Crippen LogP contribution >= 0.6 is 11.6 Å². The molecule has 0 aromatic heterocycles. The van der Waals surface area contributed by atoms with E-state index in [9.17, 15) is 19.5 Å². The Balaban J connectivity index is 1.34. The molecular formula is C26H28ClN5O4. The van der Waals surface area contributed by atoms with Crippen molar-refractivity contribution in [2.75, 3.05) is 30.7 Å². The summed E-state index contributed by atoms with van der Waals surface area (Å²) < 4.78 is 0. The zero-order valence-corrected chi connectivity index (χ0v) is 20.4. The molecule has 0 spiro atoms. The summed E-state index contributed by atoms with van der Waals surface area (Å²) in [5.41, 5.74) is 8.95. The molecule has 9 nitrogen and oxygen atoms in total. The average Bonchev–Trinajstić information content (AvgIpc) is 3.03. The van der Waals surface area contributed by atoms with Crippen LogP contribution < -0.4 is 16.4 Å². The standard InChI is InChI=1S/C26H28ClN5O4/c1-2-17-13-16(14-20(27)23(17)28)15-22(24(33)34)30-25(35)31-10-8-19(9-11-31)32-12-7-18-5-3-4-6-21(18)29-26(32)36/h1,3-6,13-14,19,22H,7-12,15,28H2,(H,29,36)(H,30,35)(H,33,34). The van der Waals surface area contributed by atoms with Gasteiger partial charge in [0.15, 0.2) is 0 Å². The lowest BCUT2D eigenvalue weighted by atomic mass is 10.0. The zero-order chi connectivity index (χ0) is 25.8. The van der Waals surface area contributed by atoms with Crippen molar-refractivity contribution < 1.29 is 19.5 Å². The summed E-state index contributed by atoms with van der Waals surface area (Å²) in [4.78, 5) is 41.0. The number of nitrogens with two attached hydrogens (primary N) is 1. The molecule has 4 rings (SSSR count). The predicted molar refractivity (Wildman–Crippen MR) is 138 cm³/mol. The number of nitrogens with one attached hydrogen (secondary N) is 2. The molecule has 2 aromatic carbocycles. The highest BCUT2D eigenvalue weighted by Gasteiger charge is 2.32. The quantitative estimate of drug-likeness (QED) is 0.363. The molecule has 1 unspecified atom stereocenters. The first kappa shape index (κ1) is 25.2. The summed E-state index contributed by atoms with van der Waals surface area (Å²) >= 11 is 6.12. The molecule has 36 heavy (non-hydrogen) atoms. The van der Waals surface area contributed by atoms with E-state index < -0.39 is 18.0 Å². The van der Waals surface area contributed by atoms with Gasteiger partial charge in [-0.05, 0) is 48.6 Å². The maximum Gasteiger partial charge on any atom is 0.326 e. The van der Waals surface area contributed by atoms with E-state index in [4.69, 9.17) is 23.8 Å². The third-order valence-corrected chi connectivity index (χ3v) is 7.03. The van der Waals surface area contributed by atoms with Crippen LogP contribution in [0.1, 0.15) is 29.5 Å². The second kappa shape index (κ2) is 10.8. The van der Waals surface area contributed by atoms with Crippen molar-refractivity contribution in [1.29, 1.82) is 0 Å². The van der Waals surface area contributed by atoms with Crippen molar-refractivity contribution >= 4 is 41.0 Å². The molecule has 1 saturated heterocycles. The van der Waals surface area contributed by atoms with Crippen molar-refractivity contribution in [1.82, 2.24) is 15.1 Å². The summed E-state index contributed by atoms with van der Waals surface area (Å²) in [6.45, 7) is 1.42. The molecule has 10 heteroatoms. The summed E-state index contributed by atoms with van der Waals surface area (Å²) in [5, 5.41) is 15.5. The van der Waals surface area contributed by atoms with Gasteiger partial charge in [-0.1, -0.05) is 35.7 Å². The number of benzene rings is 2. The number of carbonyl (C=O) groups is 3. The minimum Gasteiger partial charge on any atom is -0.480 e. The number of piperidine rings is 1. The minimum atomic E-state index is -1.17. The number of fused-ring (bicyclic) bond motifs is 1. The monoisotopic (exact) mass is 509 g/mol. The maximum absolute atomic E-state index is 12.9. The van der Waals surface area contributed by atoms with Crippen molar-refractivity contribution in [2.45, 2.75) is 37.8 Å². The highest BCUT2D eigenvalue weighted by molar-refractivity contribution is 6.33. The number of hydrogen-bond donors (Lipinski definition) is 4. The number of nitrogens with zero attached hydrogens (tertiary/aromatic N) is 2. The number of para-hydroxylation sites is 1. The molecule has 2 aliphatic heterocycles. The van der Waals surface area contributed by atoms with Gasteiger partial charge in [0.1, 0.15) is 6.04 Å². The summed E-state index contributed by atoms with van der Waals surface area (Å²) in [6.07, 6.45) is 7.42. The Kier molecular flexibility index (Phi) is 7.55. The Morgan fingerprint density at radius 2 is 1.97 bits per heavy atom. The minimum absolute atomic E-state index is 0.000721. The lowest BCUT2D eigenvalue weighted by Crippen LogP contribution is -2.54. The third kappa shape index (κ3) is 5.50. The highest BCUT2D eigenvalue weighted by atomic mass is 35.5. The number of likely N-dealkylation sites (tertiary alicyclic amines) is 1. The summed E-state index contributed by atoms with van der Waals surface area (Å²) in [5.74, 6) is 1.26. The Labute approximate surface area is 214 Å². The van der Waals surface area contributed by atoms with E-state index in [1.54, 1.807) is 17.0 Å². The molecule has 188 valence electrons. The number of carbonyl (C=O) groups excluding carboxylic acids is 2. The largest absolute Gasteiger partial charge is 0.480 e. The van der Waals surface area contributed by atoms with E-state index in [-0.39, 0.29) is 29.2 Å². The van der Waals surface area contributed by atoms with Crippen LogP contribution in [0.4, 0.5) is 21.0 Å². The Bertz CT molecular complexity index is 1220. The van der Waals surface area contributed by atoms with Crippen molar-refractivity contribution in [3.63, 3.8) is 0 Å². The molecule has 0 aliphatic carbocycles. The lowest BCUT2D eigenvalue weighted by Gasteiger charge is -2.38. The Morgan fingerprint density at radius 3 is 2.67 bits per heavy atom. The summed E-state index contributed by atoms with van der Waals surface area (Å²) in [6, 6.07) is 9.13. The molecule has 4 amide bonds. The fraction of sp³-hybridized carbons (Fsp3) is 0.346. The van der Waals surface area contributed by atoms with Crippen molar-refractivity contribution in [2.24, 2.45) is 0 Å². The van der Waals surface area contributed by atoms with Gasteiger partial charge < -0.3 is 31.3 Å². The van der Waals surface area contributed by atoms with E-state index in [1.165, 1.54) is 0 Å². The molecule has 5 N–H and O–H groups in total. The summed E-state index contributed by atoms with van der Waals surface area (Å²) in [7, 11) is 0. The van der Waals surface area contributed by atoms with Gasteiger partial charge in [0.05, 0.1) is 10.7 Å². The molecule has 1 atom stereocenters. The number of carboxylic acids is 1. The predicted octanol–water partition coefficient (Wildman–Crippen LogP) is 3.16. The van der Waals surface area contributed by atoms with E-state index >= 15 is 0 Å². The van der Waals surface area contributed by atoms with E-state index in [2.05, 4.69) is 16.6 Å². The Hall–Kier alpha value is -3.90. The van der Waals surface area contributed by atoms with Crippen LogP contribution in [0, 0.1) is 12.3 Å². The van der Waals surface area contributed by atoms with E-state index in [0.29, 0.717) is 43.6 Å². The molecule has 0 bridgehead atoms. The van der Waals surface area contributed by atoms with Crippen molar-refractivity contribution in [3.8, 4) is 12.3 Å². The first-order chi connectivity index (χ1) is 17.3. The van der Waals surface area contributed by atoms with Gasteiger partial charge in [-0.2, -0.15) is 0 Å². The first-order valence-electron chi connectivity index (χ1n) is 11.7. The topological polar surface area (TPSA) is 128 Å². The van der Waals surface area contributed by atoms with Gasteiger partial charge in [-0.25, -0.2) is 14.4 Å². The molecule has 1 fully saturated rings. The number of carboxylic acid groups (broad SMARTS) is 1. The number of anilines is 2. The van der Waals surface area contributed by atoms with Gasteiger partial charge in [0, 0.05) is 43.3 Å². The van der Waals surface area contributed by atoms with E-state index in [1.807, 2.05) is 29.2 Å². The molecular weight excluding hydrogens is 482 g/mol. The Morgan fingerprint density at radius 1 is 1.25 bits per heavy atom. The molecule has 2 aromatic rings. The van der Waals surface area contributed by atoms with Gasteiger partial charge in [0.2, 0.25) is 0 Å². The van der Waals surface area contributed by atoms with Crippen LogP contribution in [0.25, 0.3) is 0 Å². The number of aliphatic carboxylic acids is 1. The fourth-order valence-electron chi connectivity index (χ4n) is 4.71. The number of hydrogen-bond acceptors (Lipinski definition) is 4.